The minimum absolute atomic E-state index is 0.131. The number of nitrogens with one attached hydrogen (secondary N) is 2. The topological polar surface area (TPSA) is 93.7 Å². The van der Waals surface area contributed by atoms with Crippen molar-refractivity contribution in [1.82, 2.24) is 4.72 Å². The van der Waals surface area contributed by atoms with Crippen molar-refractivity contribution in [2.24, 2.45) is 0 Å². The molecule has 0 fully saturated rings. The lowest BCUT2D eigenvalue weighted by atomic mass is 10.2. The van der Waals surface area contributed by atoms with Crippen LogP contribution in [0.2, 0.25) is 0 Å². The van der Waals surface area contributed by atoms with Crippen molar-refractivity contribution < 1.29 is 22.7 Å². The number of benzene rings is 1. The van der Waals surface area contributed by atoms with Gasteiger partial charge in [0, 0.05) is 13.7 Å². The molecular weight excluding hydrogens is 272 g/mol. The maximum absolute atomic E-state index is 11.7. The second-order valence-corrected chi connectivity index (χ2v) is 5.03. The summed E-state index contributed by atoms with van der Waals surface area (Å²) in [6, 6.07) is 6.17. The molecule has 1 aromatic rings. The van der Waals surface area contributed by atoms with Crippen molar-refractivity contribution in [3.8, 4) is 0 Å². The van der Waals surface area contributed by atoms with E-state index in [1.807, 2.05) is 0 Å². The van der Waals surface area contributed by atoms with Crippen LogP contribution in [0.25, 0.3) is 0 Å². The lowest BCUT2D eigenvalue weighted by Crippen LogP contribution is -2.33. The molecule has 106 valence electrons. The number of esters is 1. The fourth-order valence-electron chi connectivity index (χ4n) is 1.32. The smallest absolute Gasteiger partial charge is 0.339 e. The van der Waals surface area contributed by atoms with E-state index in [1.54, 1.807) is 12.1 Å². The van der Waals surface area contributed by atoms with E-state index in [0.29, 0.717) is 0 Å². The summed E-state index contributed by atoms with van der Waals surface area (Å²) < 4.78 is 37.3. The molecule has 1 aromatic carbocycles. The van der Waals surface area contributed by atoms with E-state index in [1.165, 1.54) is 26.4 Å². The number of para-hydroxylation sites is 1. The number of rotatable bonds is 7. The third-order valence-electron chi connectivity index (χ3n) is 2.17. The maximum atomic E-state index is 11.7. The molecule has 19 heavy (non-hydrogen) atoms. The Morgan fingerprint density at radius 3 is 2.58 bits per heavy atom. The second-order valence-electron chi connectivity index (χ2n) is 3.53. The van der Waals surface area contributed by atoms with Crippen LogP contribution in [-0.4, -0.2) is 41.8 Å². The summed E-state index contributed by atoms with van der Waals surface area (Å²) in [5, 5.41) is 0. The minimum Gasteiger partial charge on any atom is -0.465 e. The van der Waals surface area contributed by atoms with Crippen LogP contribution in [0.1, 0.15) is 10.4 Å². The highest BCUT2D eigenvalue weighted by Gasteiger charge is 2.16. The van der Waals surface area contributed by atoms with Crippen LogP contribution in [0.4, 0.5) is 5.69 Å². The van der Waals surface area contributed by atoms with Crippen LogP contribution < -0.4 is 9.44 Å². The molecule has 0 bridgehead atoms. The van der Waals surface area contributed by atoms with Crippen LogP contribution in [0.3, 0.4) is 0 Å². The maximum Gasteiger partial charge on any atom is 0.339 e. The molecule has 0 saturated heterocycles. The van der Waals surface area contributed by atoms with Crippen LogP contribution >= 0.6 is 0 Å². The molecule has 0 aliphatic carbocycles. The Morgan fingerprint density at radius 1 is 1.26 bits per heavy atom. The molecule has 0 saturated carbocycles. The summed E-state index contributed by atoms with van der Waals surface area (Å²) in [4.78, 5) is 11.5. The highest BCUT2D eigenvalue weighted by Crippen LogP contribution is 2.16. The third kappa shape index (κ3) is 4.86. The first-order chi connectivity index (χ1) is 9.00. The summed E-state index contributed by atoms with van der Waals surface area (Å²) in [5.74, 6) is -0.616. The predicted octanol–water partition coefficient (Wildman–Crippen LogP) is 0.366. The zero-order valence-electron chi connectivity index (χ0n) is 10.7. The third-order valence-corrected chi connectivity index (χ3v) is 3.25. The van der Waals surface area contributed by atoms with Crippen LogP contribution in [0.5, 0.6) is 0 Å². The molecule has 0 amide bonds. The number of methoxy groups -OCH3 is 2. The van der Waals surface area contributed by atoms with Gasteiger partial charge in [-0.3, -0.25) is 4.72 Å². The molecule has 0 unspecified atom stereocenters. The van der Waals surface area contributed by atoms with Crippen molar-refractivity contribution in [3.05, 3.63) is 29.8 Å². The zero-order valence-corrected chi connectivity index (χ0v) is 11.5. The van der Waals surface area contributed by atoms with Gasteiger partial charge >= 0.3 is 5.97 Å². The molecule has 0 aliphatic rings. The van der Waals surface area contributed by atoms with Gasteiger partial charge in [0.05, 0.1) is 25.0 Å². The molecule has 0 spiro atoms. The average molecular weight is 288 g/mol. The first-order valence-corrected chi connectivity index (χ1v) is 6.92. The highest BCUT2D eigenvalue weighted by molar-refractivity contribution is 7.90. The van der Waals surface area contributed by atoms with Gasteiger partial charge < -0.3 is 9.47 Å². The Balaban J connectivity index is 2.84. The van der Waals surface area contributed by atoms with Crippen LogP contribution in [0.15, 0.2) is 24.3 Å². The Kier molecular flexibility index (Phi) is 5.74. The molecule has 2 N–H and O–H groups in total. The summed E-state index contributed by atoms with van der Waals surface area (Å²) in [7, 11) is -1.07. The van der Waals surface area contributed by atoms with Crippen LogP contribution in [0, 0.1) is 0 Å². The SMILES string of the molecule is COCCNS(=O)(=O)Nc1ccccc1C(=O)OC. The Labute approximate surface area is 112 Å². The highest BCUT2D eigenvalue weighted by atomic mass is 32.2. The molecule has 0 aromatic heterocycles. The molecule has 0 atom stereocenters. The molecule has 0 aliphatic heterocycles. The fraction of sp³-hybridized carbons (Fsp3) is 0.364. The van der Waals surface area contributed by atoms with Gasteiger partial charge in [-0.05, 0) is 12.1 Å². The van der Waals surface area contributed by atoms with E-state index < -0.39 is 16.2 Å². The number of anilines is 1. The first-order valence-electron chi connectivity index (χ1n) is 5.44. The summed E-state index contributed by atoms with van der Waals surface area (Å²) in [6.45, 7) is 0.381. The largest absolute Gasteiger partial charge is 0.465 e. The molecule has 0 radical (unpaired) electrons. The van der Waals surface area contributed by atoms with Crippen molar-refractivity contribution in [2.75, 3.05) is 32.1 Å². The van der Waals surface area contributed by atoms with Gasteiger partial charge in [0.2, 0.25) is 0 Å². The van der Waals surface area contributed by atoms with Gasteiger partial charge in [0.25, 0.3) is 10.2 Å². The molecular formula is C11H16N2O5S. The number of hydrogen-bond donors (Lipinski definition) is 2. The minimum atomic E-state index is -3.76. The van der Waals surface area contributed by atoms with Crippen molar-refractivity contribution in [3.63, 3.8) is 0 Å². The summed E-state index contributed by atoms with van der Waals surface area (Å²) in [5.41, 5.74) is 0.293. The monoisotopic (exact) mass is 288 g/mol. The normalized spacial score (nSPS) is 11.1. The van der Waals surface area contributed by atoms with E-state index in [0.717, 1.165) is 0 Å². The second kappa shape index (κ2) is 7.07. The first kappa shape index (κ1) is 15.4. The van der Waals surface area contributed by atoms with Gasteiger partial charge in [-0.15, -0.1) is 0 Å². The Bertz CT molecular complexity index is 530. The van der Waals surface area contributed by atoms with Gasteiger partial charge in [-0.25, -0.2) is 4.79 Å². The van der Waals surface area contributed by atoms with Crippen molar-refractivity contribution >= 4 is 21.9 Å². The Hall–Kier alpha value is -1.64. The number of ether oxygens (including phenoxy) is 2. The standard InChI is InChI=1S/C11H16N2O5S/c1-17-8-7-12-19(15,16)13-10-6-4-3-5-9(10)11(14)18-2/h3-6,12-13H,7-8H2,1-2H3. The van der Waals surface area contributed by atoms with Gasteiger partial charge in [-0.1, -0.05) is 12.1 Å². The predicted molar refractivity (Wildman–Crippen MR) is 70.2 cm³/mol. The quantitative estimate of drug-likeness (QED) is 0.558. The van der Waals surface area contributed by atoms with Crippen molar-refractivity contribution in [2.45, 2.75) is 0 Å². The summed E-state index contributed by atoms with van der Waals surface area (Å²) in [6.07, 6.45) is 0. The van der Waals surface area contributed by atoms with Crippen LogP contribution in [-0.2, 0) is 19.7 Å². The van der Waals surface area contributed by atoms with Gasteiger partial charge in [0.1, 0.15) is 0 Å². The molecule has 8 heteroatoms. The van der Waals surface area contributed by atoms with E-state index in [9.17, 15) is 13.2 Å². The van der Waals surface area contributed by atoms with E-state index in [4.69, 9.17) is 4.74 Å². The van der Waals surface area contributed by atoms with E-state index in [2.05, 4.69) is 14.2 Å². The Morgan fingerprint density at radius 2 is 1.95 bits per heavy atom. The average Bonchev–Trinajstić information content (AvgIpc) is 2.38. The zero-order chi connectivity index (χ0) is 14.3. The lowest BCUT2D eigenvalue weighted by molar-refractivity contribution is 0.0602. The van der Waals surface area contributed by atoms with Gasteiger partial charge in [-0.2, -0.15) is 13.1 Å². The van der Waals surface area contributed by atoms with Crippen molar-refractivity contribution in [1.29, 1.82) is 0 Å². The lowest BCUT2D eigenvalue weighted by Gasteiger charge is -2.11. The number of hydrogen-bond acceptors (Lipinski definition) is 5. The number of carbonyl (C=O) groups is 1. The van der Waals surface area contributed by atoms with Gasteiger partial charge in [0.15, 0.2) is 0 Å². The summed E-state index contributed by atoms with van der Waals surface area (Å²) >= 11 is 0. The fourth-order valence-corrected chi connectivity index (χ4v) is 2.21. The van der Waals surface area contributed by atoms with E-state index >= 15 is 0 Å². The van der Waals surface area contributed by atoms with E-state index in [-0.39, 0.29) is 24.4 Å². The molecule has 0 heterocycles. The molecule has 7 nitrogen and oxygen atoms in total. The molecule has 1 rings (SSSR count). The number of carbonyl (C=O) groups excluding carboxylic acids is 1.